The van der Waals surface area contributed by atoms with Gasteiger partial charge in [0.1, 0.15) is 0 Å². The van der Waals surface area contributed by atoms with Crippen molar-refractivity contribution < 1.29 is 0 Å². The molecule has 0 aliphatic carbocycles. The largest absolute Gasteiger partial charge is 0.363 e. The fourth-order valence-corrected chi connectivity index (χ4v) is 5.15. The van der Waals surface area contributed by atoms with E-state index in [0.29, 0.717) is 0 Å². The van der Waals surface area contributed by atoms with Crippen molar-refractivity contribution in [1.82, 2.24) is 9.97 Å². The van der Waals surface area contributed by atoms with Crippen molar-refractivity contribution in [2.24, 2.45) is 9.98 Å². The van der Waals surface area contributed by atoms with Gasteiger partial charge in [-0.25, -0.2) is 0 Å². The molecular formula is C30H28N4. The Balaban J connectivity index is 1.35. The molecule has 2 aliphatic heterocycles. The molecule has 0 unspecified atom stereocenters. The maximum absolute atomic E-state index is 5.03. The summed E-state index contributed by atoms with van der Waals surface area (Å²) in [6.45, 7) is 8.89. The van der Waals surface area contributed by atoms with Gasteiger partial charge in [-0.3, -0.25) is 9.98 Å². The zero-order valence-electron chi connectivity index (χ0n) is 20.0. The number of H-pyrrole nitrogens is 2. The highest BCUT2D eigenvalue weighted by Crippen LogP contribution is 2.37. The Bertz CT molecular complexity index is 1470. The molecule has 0 saturated carbocycles. The van der Waals surface area contributed by atoms with Crippen LogP contribution in [-0.4, -0.2) is 21.4 Å². The van der Waals surface area contributed by atoms with Crippen LogP contribution in [0.4, 0.5) is 0 Å². The SMILES string of the molecule is CC(C)(C1=N/C(=C2/C=CC(C(C)(C)c3[nH]cc4ccccc34)=N2)C=C1)c1[nH]cc2ccccc12. The van der Waals surface area contributed by atoms with Crippen LogP contribution < -0.4 is 0 Å². The van der Waals surface area contributed by atoms with Crippen molar-refractivity contribution in [2.45, 2.75) is 38.5 Å². The van der Waals surface area contributed by atoms with Gasteiger partial charge >= 0.3 is 0 Å². The van der Waals surface area contributed by atoms with Crippen molar-refractivity contribution >= 4 is 33.0 Å². The highest BCUT2D eigenvalue weighted by Gasteiger charge is 2.33. The third kappa shape index (κ3) is 3.06. The first-order chi connectivity index (χ1) is 16.4. The fraction of sp³-hybridized carbons (Fsp3) is 0.200. The van der Waals surface area contributed by atoms with Gasteiger partial charge in [0.25, 0.3) is 0 Å². The second-order valence-electron chi connectivity index (χ2n) is 10.2. The maximum Gasteiger partial charge on any atom is 0.0890 e. The summed E-state index contributed by atoms with van der Waals surface area (Å²) in [4.78, 5) is 17.1. The van der Waals surface area contributed by atoms with E-state index < -0.39 is 0 Å². The van der Waals surface area contributed by atoms with Crippen LogP contribution in [0.2, 0.25) is 0 Å². The molecule has 0 saturated heterocycles. The minimum Gasteiger partial charge on any atom is -0.363 e. The molecule has 2 aliphatic rings. The summed E-state index contributed by atoms with van der Waals surface area (Å²) in [6.07, 6.45) is 12.6. The number of hydrogen-bond acceptors (Lipinski definition) is 2. The van der Waals surface area contributed by atoms with E-state index in [9.17, 15) is 0 Å². The van der Waals surface area contributed by atoms with Crippen molar-refractivity contribution in [3.8, 4) is 0 Å². The summed E-state index contributed by atoms with van der Waals surface area (Å²) < 4.78 is 0. The van der Waals surface area contributed by atoms with E-state index in [1.165, 1.54) is 32.9 Å². The number of aliphatic imine (C=N–C) groups is 2. The van der Waals surface area contributed by atoms with Crippen molar-refractivity contribution in [1.29, 1.82) is 0 Å². The predicted molar refractivity (Wildman–Crippen MR) is 143 cm³/mol. The van der Waals surface area contributed by atoms with Crippen molar-refractivity contribution in [2.75, 3.05) is 0 Å². The highest BCUT2D eigenvalue weighted by molar-refractivity contribution is 6.10. The third-order valence-electron chi connectivity index (χ3n) is 7.28. The van der Waals surface area contributed by atoms with Gasteiger partial charge in [-0.05, 0) is 62.8 Å². The lowest BCUT2D eigenvalue weighted by atomic mass is 9.82. The number of hydrogen-bond donors (Lipinski definition) is 2. The van der Waals surface area contributed by atoms with E-state index >= 15 is 0 Å². The van der Waals surface area contributed by atoms with Crippen LogP contribution in [0.5, 0.6) is 0 Å². The average Bonchev–Trinajstić information content (AvgIpc) is 3.63. The van der Waals surface area contributed by atoms with Gasteiger partial charge < -0.3 is 9.97 Å². The molecule has 0 radical (unpaired) electrons. The molecule has 2 N–H and O–H groups in total. The maximum atomic E-state index is 5.03. The average molecular weight is 445 g/mol. The van der Waals surface area contributed by atoms with Crippen LogP contribution in [0, 0.1) is 0 Å². The minimum absolute atomic E-state index is 0.251. The van der Waals surface area contributed by atoms with Gasteiger partial charge in [-0.2, -0.15) is 0 Å². The zero-order valence-corrected chi connectivity index (χ0v) is 20.0. The number of aromatic nitrogens is 2. The molecule has 4 heteroatoms. The fourth-order valence-electron chi connectivity index (χ4n) is 5.15. The molecule has 0 fully saturated rings. The molecule has 34 heavy (non-hydrogen) atoms. The number of nitrogens with one attached hydrogen (secondary N) is 2. The van der Waals surface area contributed by atoms with Crippen LogP contribution in [-0.2, 0) is 10.8 Å². The number of rotatable bonds is 4. The van der Waals surface area contributed by atoms with Crippen LogP contribution in [0.1, 0.15) is 39.1 Å². The Morgan fingerprint density at radius 3 is 1.41 bits per heavy atom. The van der Waals surface area contributed by atoms with Crippen LogP contribution in [0.25, 0.3) is 21.5 Å². The molecule has 0 bridgehead atoms. The van der Waals surface area contributed by atoms with Gasteiger partial charge in [0.15, 0.2) is 0 Å². The monoisotopic (exact) mass is 444 g/mol. The van der Waals surface area contributed by atoms with E-state index in [1.54, 1.807) is 0 Å². The van der Waals surface area contributed by atoms with Crippen molar-refractivity contribution in [3.63, 3.8) is 0 Å². The molecular weight excluding hydrogens is 416 g/mol. The Morgan fingerprint density at radius 1 is 0.559 bits per heavy atom. The summed E-state index contributed by atoms with van der Waals surface area (Å²) in [6, 6.07) is 16.9. The molecule has 6 rings (SSSR count). The van der Waals surface area contributed by atoms with Crippen molar-refractivity contribution in [3.05, 3.63) is 108 Å². The van der Waals surface area contributed by atoms with Crippen LogP contribution in [0.15, 0.2) is 107 Å². The minimum atomic E-state index is -0.251. The summed E-state index contributed by atoms with van der Waals surface area (Å²) in [5.41, 5.74) is 5.77. The molecule has 4 heterocycles. The molecule has 2 aromatic heterocycles. The summed E-state index contributed by atoms with van der Waals surface area (Å²) in [5, 5.41) is 4.92. The van der Waals surface area contributed by atoms with E-state index in [0.717, 1.165) is 22.8 Å². The van der Waals surface area contributed by atoms with Gasteiger partial charge in [0.2, 0.25) is 0 Å². The summed E-state index contributed by atoms with van der Waals surface area (Å²) in [7, 11) is 0. The summed E-state index contributed by atoms with van der Waals surface area (Å²) >= 11 is 0. The molecule has 0 amide bonds. The van der Waals surface area contributed by atoms with Gasteiger partial charge in [0, 0.05) is 45.4 Å². The topological polar surface area (TPSA) is 56.3 Å². The Morgan fingerprint density at radius 2 is 0.971 bits per heavy atom. The Kier molecular flexibility index (Phi) is 4.43. The molecule has 4 nitrogen and oxygen atoms in total. The predicted octanol–water partition coefficient (Wildman–Crippen LogP) is 7.14. The van der Waals surface area contributed by atoms with Gasteiger partial charge in [-0.1, -0.05) is 48.5 Å². The van der Waals surface area contributed by atoms with Crippen LogP contribution >= 0.6 is 0 Å². The number of aromatic amines is 2. The quantitative estimate of drug-likeness (QED) is 0.336. The number of allylic oxidation sites excluding steroid dienone is 4. The summed E-state index contributed by atoms with van der Waals surface area (Å²) in [5.74, 6) is 0. The van der Waals surface area contributed by atoms with E-state index in [1.807, 2.05) is 0 Å². The second kappa shape index (κ2) is 7.29. The normalized spacial score (nSPS) is 18.4. The molecule has 0 atom stereocenters. The lowest BCUT2D eigenvalue weighted by molar-refractivity contribution is 0.703. The lowest BCUT2D eigenvalue weighted by Gasteiger charge is -2.23. The Hall–Kier alpha value is -3.92. The first kappa shape index (κ1) is 20.7. The first-order valence-electron chi connectivity index (χ1n) is 11.8. The van der Waals surface area contributed by atoms with E-state index in [2.05, 4.69) is 123 Å². The first-order valence-corrected chi connectivity index (χ1v) is 11.8. The second-order valence-corrected chi connectivity index (χ2v) is 10.2. The zero-order chi connectivity index (χ0) is 23.5. The molecule has 2 aromatic carbocycles. The number of fused-ring (bicyclic) bond motifs is 2. The lowest BCUT2D eigenvalue weighted by Crippen LogP contribution is -2.27. The molecule has 168 valence electrons. The molecule has 4 aromatic rings. The van der Waals surface area contributed by atoms with Gasteiger partial charge in [0.05, 0.1) is 22.8 Å². The third-order valence-corrected chi connectivity index (χ3v) is 7.28. The van der Waals surface area contributed by atoms with E-state index in [-0.39, 0.29) is 10.8 Å². The molecule has 0 spiro atoms. The number of nitrogens with zero attached hydrogens (tertiary/aromatic N) is 2. The van der Waals surface area contributed by atoms with Gasteiger partial charge in [-0.15, -0.1) is 0 Å². The van der Waals surface area contributed by atoms with Crippen LogP contribution in [0.3, 0.4) is 0 Å². The smallest absolute Gasteiger partial charge is 0.0890 e. The number of benzene rings is 2. The standard InChI is InChI=1S/C30H28N4/c1-29(2,27-21-11-7-5-9-19(21)17-31-27)25-15-13-23(33-25)24-14-16-26(34-24)30(3,4)28-22-12-8-6-10-20(22)18-32-28/h5-18,31-32H,1-4H3/b24-23-. The Labute approximate surface area is 199 Å². The van der Waals surface area contributed by atoms with E-state index in [4.69, 9.17) is 9.98 Å². The highest BCUT2D eigenvalue weighted by atomic mass is 14.9.